The highest BCUT2D eigenvalue weighted by molar-refractivity contribution is 5.76. The first-order valence-electron chi connectivity index (χ1n) is 10.0. The first-order valence-corrected chi connectivity index (χ1v) is 10.0. The Morgan fingerprint density at radius 2 is 1.84 bits per heavy atom. The minimum Gasteiger partial charge on any atom is -0.497 e. The molecule has 0 aliphatic heterocycles. The van der Waals surface area contributed by atoms with Gasteiger partial charge >= 0.3 is 0 Å². The third-order valence-corrected chi connectivity index (χ3v) is 4.88. The van der Waals surface area contributed by atoms with E-state index in [0.29, 0.717) is 19.4 Å². The predicted molar refractivity (Wildman–Crippen MR) is 118 cm³/mol. The number of pyridine rings is 2. The number of hydrogen-bond donors (Lipinski definition) is 1. The lowest BCUT2D eigenvalue weighted by atomic mass is 10.1. The van der Waals surface area contributed by atoms with Gasteiger partial charge in [0.05, 0.1) is 24.2 Å². The van der Waals surface area contributed by atoms with E-state index >= 15 is 0 Å². The van der Waals surface area contributed by atoms with E-state index in [9.17, 15) is 4.79 Å². The van der Waals surface area contributed by atoms with E-state index in [1.54, 1.807) is 25.7 Å². The van der Waals surface area contributed by atoms with Gasteiger partial charge in [-0.25, -0.2) is 4.68 Å². The van der Waals surface area contributed by atoms with Crippen molar-refractivity contribution in [2.45, 2.75) is 19.4 Å². The van der Waals surface area contributed by atoms with Crippen LogP contribution in [-0.4, -0.2) is 32.8 Å². The molecule has 0 saturated heterocycles. The summed E-state index contributed by atoms with van der Waals surface area (Å²) in [4.78, 5) is 20.5. The van der Waals surface area contributed by atoms with Gasteiger partial charge in [-0.15, -0.1) is 0 Å². The van der Waals surface area contributed by atoms with Crippen LogP contribution in [0.2, 0.25) is 0 Å². The van der Waals surface area contributed by atoms with Gasteiger partial charge < -0.3 is 10.1 Å². The summed E-state index contributed by atoms with van der Waals surface area (Å²) in [5.74, 6) is 0.767. The number of benzene rings is 1. The Hall–Kier alpha value is -4.00. The fourth-order valence-electron chi connectivity index (χ4n) is 3.22. The average Bonchev–Trinajstić information content (AvgIpc) is 3.27. The summed E-state index contributed by atoms with van der Waals surface area (Å²) in [7, 11) is 1.64. The largest absolute Gasteiger partial charge is 0.497 e. The van der Waals surface area contributed by atoms with Gasteiger partial charge in [0.1, 0.15) is 5.75 Å². The number of rotatable bonds is 8. The van der Waals surface area contributed by atoms with Crippen LogP contribution in [0, 0.1) is 0 Å². The van der Waals surface area contributed by atoms with Crippen LogP contribution in [0.3, 0.4) is 0 Å². The number of nitrogens with zero attached hydrogens (tertiary/aromatic N) is 4. The standard InChI is InChI=1S/C24H23N5O2/c1-31-22-7-5-21(6-8-22)29-23(19-3-2-12-26-17-19)15-20(28-29)4-9-24(30)27-16-18-10-13-25-14-11-18/h2-3,5-8,10-15,17H,4,9,16H2,1H3,(H,27,30). The molecule has 1 aromatic carbocycles. The second-order valence-electron chi connectivity index (χ2n) is 7.00. The minimum absolute atomic E-state index is 0.0151. The van der Waals surface area contributed by atoms with E-state index in [1.807, 2.05) is 65.5 Å². The number of carbonyl (C=O) groups is 1. The molecule has 0 bridgehead atoms. The van der Waals surface area contributed by atoms with Gasteiger partial charge in [-0.2, -0.15) is 5.10 Å². The molecule has 4 aromatic rings. The molecule has 7 heteroatoms. The zero-order valence-electron chi connectivity index (χ0n) is 17.2. The molecule has 0 aliphatic rings. The van der Waals surface area contributed by atoms with E-state index in [1.165, 1.54) is 0 Å². The first kappa shape index (κ1) is 20.3. The van der Waals surface area contributed by atoms with Crippen molar-refractivity contribution >= 4 is 5.91 Å². The molecule has 7 nitrogen and oxygen atoms in total. The van der Waals surface area contributed by atoms with Crippen molar-refractivity contribution in [1.82, 2.24) is 25.1 Å². The van der Waals surface area contributed by atoms with Crippen LogP contribution >= 0.6 is 0 Å². The Labute approximate surface area is 180 Å². The summed E-state index contributed by atoms with van der Waals surface area (Å²) < 4.78 is 7.13. The van der Waals surface area contributed by atoms with E-state index in [2.05, 4.69) is 15.3 Å². The van der Waals surface area contributed by atoms with Crippen molar-refractivity contribution in [3.8, 4) is 22.7 Å². The number of aryl methyl sites for hydroxylation is 1. The van der Waals surface area contributed by atoms with Crippen molar-refractivity contribution in [3.63, 3.8) is 0 Å². The van der Waals surface area contributed by atoms with Gasteiger partial charge in [-0.05, 0) is 60.2 Å². The monoisotopic (exact) mass is 413 g/mol. The van der Waals surface area contributed by atoms with E-state index in [-0.39, 0.29) is 5.91 Å². The Kier molecular flexibility index (Phi) is 6.32. The predicted octanol–water partition coefficient (Wildman–Crippen LogP) is 3.59. The third kappa shape index (κ3) is 5.14. The van der Waals surface area contributed by atoms with Crippen LogP contribution < -0.4 is 10.1 Å². The molecule has 0 atom stereocenters. The zero-order valence-corrected chi connectivity index (χ0v) is 17.2. The minimum atomic E-state index is -0.0151. The Morgan fingerprint density at radius 3 is 2.55 bits per heavy atom. The smallest absolute Gasteiger partial charge is 0.220 e. The summed E-state index contributed by atoms with van der Waals surface area (Å²) >= 11 is 0. The quantitative estimate of drug-likeness (QED) is 0.477. The molecule has 156 valence electrons. The second-order valence-corrected chi connectivity index (χ2v) is 7.00. The molecule has 3 heterocycles. The van der Waals surface area contributed by atoms with Crippen LogP contribution in [0.4, 0.5) is 0 Å². The molecule has 3 aromatic heterocycles. The fourth-order valence-corrected chi connectivity index (χ4v) is 3.22. The first-order chi connectivity index (χ1) is 15.2. The maximum Gasteiger partial charge on any atom is 0.220 e. The lowest BCUT2D eigenvalue weighted by molar-refractivity contribution is -0.121. The second kappa shape index (κ2) is 9.67. The summed E-state index contributed by atoms with van der Waals surface area (Å²) in [6.45, 7) is 0.489. The van der Waals surface area contributed by atoms with Gasteiger partial charge in [0.25, 0.3) is 0 Å². The fraction of sp³-hybridized carbons (Fsp3) is 0.167. The molecule has 0 spiro atoms. The summed E-state index contributed by atoms with van der Waals surface area (Å²) in [5.41, 5.74) is 4.65. The molecule has 31 heavy (non-hydrogen) atoms. The molecule has 0 saturated carbocycles. The Morgan fingerprint density at radius 1 is 1.03 bits per heavy atom. The molecule has 0 unspecified atom stereocenters. The molecule has 0 aliphatic carbocycles. The van der Waals surface area contributed by atoms with Crippen LogP contribution in [0.5, 0.6) is 5.75 Å². The van der Waals surface area contributed by atoms with E-state index < -0.39 is 0 Å². The SMILES string of the molecule is COc1ccc(-n2nc(CCC(=O)NCc3ccncc3)cc2-c2cccnc2)cc1. The summed E-state index contributed by atoms with van der Waals surface area (Å²) in [6.07, 6.45) is 7.88. The van der Waals surface area contributed by atoms with Gasteiger partial charge in [-0.1, -0.05) is 0 Å². The normalized spacial score (nSPS) is 10.6. The zero-order chi connectivity index (χ0) is 21.5. The average molecular weight is 413 g/mol. The van der Waals surface area contributed by atoms with Crippen LogP contribution in [0.25, 0.3) is 16.9 Å². The van der Waals surface area contributed by atoms with Crippen molar-refractivity contribution in [2.75, 3.05) is 7.11 Å². The summed E-state index contributed by atoms with van der Waals surface area (Å²) in [5, 5.41) is 7.70. The number of amides is 1. The molecule has 0 fully saturated rings. The van der Waals surface area contributed by atoms with Gasteiger partial charge in [0.15, 0.2) is 0 Å². The number of hydrogen-bond acceptors (Lipinski definition) is 5. The van der Waals surface area contributed by atoms with Crippen molar-refractivity contribution in [1.29, 1.82) is 0 Å². The molecule has 1 amide bonds. The topological polar surface area (TPSA) is 81.9 Å². The van der Waals surface area contributed by atoms with Crippen molar-refractivity contribution in [2.24, 2.45) is 0 Å². The number of aromatic nitrogens is 4. The highest BCUT2D eigenvalue weighted by Gasteiger charge is 2.13. The number of nitrogens with one attached hydrogen (secondary N) is 1. The van der Waals surface area contributed by atoms with Crippen LogP contribution in [0.15, 0.2) is 79.4 Å². The molecule has 1 N–H and O–H groups in total. The number of methoxy groups -OCH3 is 1. The maximum atomic E-state index is 12.3. The van der Waals surface area contributed by atoms with Crippen molar-refractivity contribution < 1.29 is 9.53 Å². The third-order valence-electron chi connectivity index (χ3n) is 4.88. The van der Waals surface area contributed by atoms with Crippen molar-refractivity contribution in [3.05, 3.63) is 90.6 Å². The van der Waals surface area contributed by atoms with Gasteiger partial charge in [0, 0.05) is 49.7 Å². The summed E-state index contributed by atoms with van der Waals surface area (Å²) in [6, 6.07) is 17.4. The number of ether oxygens (including phenoxy) is 1. The van der Waals surface area contributed by atoms with Crippen LogP contribution in [-0.2, 0) is 17.8 Å². The highest BCUT2D eigenvalue weighted by atomic mass is 16.5. The highest BCUT2D eigenvalue weighted by Crippen LogP contribution is 2.25. The molecule has 0 radical (unpaired) electrons. The van der Waals surface area contributed by atoms with Crippen LogP contribution in [0.1, 0.15) is 17.7 Å². The molecular formula is C24H23N5O2. The van der Waals surface area contributed by atoms with E-state index in [4.69, 9.17) is 9.84 Å². The Bertz CT molecular complexity index is 1130. The lowest BCUT2D eigenvalue weighted by Crippen LogP contribution is -2.23. The van der Waals surface area contributed by atoms with Gasteiger partial charge in [-0.3, -0.25) is 14.8 Å². The molecular weight excluding hydrogens is 390 g/mol. The van der Waals surface area contributed by atoms with Gasteiger partial charge in [0.2, 0.25) is 5.91 Å². The maximum absolute atomic E-state index is 12.3. The number of carbonyl (C=O) groups excluding carboxylic acids is 1. The Balaban J connectivity index is 1.50. The lowest BCUT2D eigenvalue weighted by Gasteiger charge is -2.08. The molecule has 4 rings (SSSR count). The van der Waals surface area contributed by atoms with E-state index in [0.717, 1.165) is 34.0 Å².